The van der Waals surface area contributed by atoms with Gasteiger partial charge in [0.25, 0.3) is 0 Å². The fraction of sp³-hybridized carbons (Fsp3) is 0.440. The van der Waals surface area contributed by atoms with Gasteiger partial charge in [-0.2, -0.15) is 5.10 Å². The molecule has 0 bridgehead atoms. The van der Waals surface area contributed by atoms with Crippen LogP contribution in [0.4, 0.5) is 5.82 Å². The predicted molar refractivity (Wildman–Crippen MR) is 136 cm³/mol. The van der Waals surface area contributed by atoms with Gasteiger partial charge in [0.1, 0.15) is 17.6 Å². The number of methoxy groups -OCH3 is 1. The van der Waals surface area contributed by atoms with Crippen LogP contribution < -0.4 is 10.1 Å². The Hall–Kier alpha value is -2.72. The van der Waals surface area contributed by atoms with Crippen LogP contribution in [0.25, 0.3) is 26.0 Å². The third kappa shape index (κ3) is 4.02. The highest BCUT2D eigenvalue weighted by Crippen LogP contribution is 2.45. The Morgan fingerprint density at radius 3 is 2.85 bits per heavy atom. The van der Waals surface area contributed by atoms with Crippen LogP contribution in [0.1, 0.15) is 30.2 Å². The van der Waals surface area contributed by atoms with Crippen molar-refractivity contribution in [3.63, 3.8) is 0 Å². The normalized spacial score (nSPS) is 16.7. The fourth-order valence-electron chi connectivity index (χ4n) is 4.88. The average Bonchev–Trinajstić information content (AvgIpc) is 3.52. The van der Waals surface area contributed by atoms with Gasteiger partial charge in [0.2, 0.25) is 0 Å². The van der Waals surface area contributed by atoms with Crippen LogP contribution in [0.5, 0.6) is 5.75 Å². The Labute approximate surface area is 203 Å². The number of ether oxygens (including phenoxy) is 2. The number of nitrogens with zero attached hydrogens (tertiary/aromatic N) is 4. The lowest BCUT2D eigenvalue weighted by Gasteiger charge is -2.16. The number of benzene rings is 1. The van der Waals surface area contributed by atoms with Crippen LogP contribution in [0.3, 0.4) is 0 Å². The van der Waals surface area contributed by atoms with Gasteiger partial charge < -0.3 is 19.9 Å². The average molecular weight is 482 g/mol. The summed E-state index contributed by atoms with van der Waals surface area (Å²) in [5.74, 6) is 1.66. The van der Waals surface area contributed by atoms with Gasteiger partial charge in [0.15, 0.2) is 5.82 Å². The van der Waals surface area contributed by atoms with Crippen LogP contribution in [0.2, 0.25) is 0 Å². The molecule has 1 aliphatic heterocycles. The lowest BCUT2D eigenvalue weighted by Crippen LogP contribution is -2.23. The minimum absolute atomic E-state index is 0.276. The lowest BCUT2D eigenvalue weighted by atomic mass is 10.1. The van der Waals surface area contributed by atoms with E-state index in [1.54, 1.807) is 24.8 Å². The first-order valence-electron chi connectivity index (χ1n) is 11.7. The summed E-state index contributed by atoms with van der Waals surface area (Å²) in [5.41, 5.74) is 5.39. The molecule has 1 unspecified atom stereocenters. The van der Waals surface area contributed by atoms with Crippen molar-refractivity contribution in [2.75, 3.05) is 39.2 Å². The van der Waals surface area contributed by atoms with Crippen LogP contribution in [-0.2, 0) is 17.9 Å². The summed E-state index contributed by atoms with van der Waals surface area (Å²) in [5, 5.41) is 19.2. The zero-order chi connectivity index (χ0) is 23.8. The van der Waals surface area contributed by atoms with Crippen molar-refractivity contribution < 1.29 is 14.6 Å². The standard InChI is InChI=1S/C25H31N5O3S/c1-5-33-13-18-19(12-29-7-6-17(31)11-29)30-23(25(26-3)27-14-28-30)22(18)21-10-16-8-15(2)9-20(32-4)24(16)34-21/h8-10,14,17,31H,5-7,11-13H2,1-4H3,(H,26,27,28). The Morgan fingerprint density at radius 1 is 1.29 bits per heavy atom. The van der Waals surface area contributed by atoms with Crippen LogP contribution in [0.15, 0.2) is 24.5 Å². The molecule has 1 saturated heterocycles. The quantitative estimate of drug-likeness (QED) is 0.392. The van der Waals surface area contributed by atoms with Gasteiger partial charge in [-0.05, 0) is 43.4 Å². The van der Waals surface area contributed by atoms with E-state index >= 15 is 0 Å². The Morgan fingerprint density at radius 2 is 2.15 bits per heavy atom. The molecule has 3 aromatic heterocycles. The van der Waals surface area contributed by atoms with Crippen molar-refractivity contribution in [3.8, 4) is 16.2 Å². The molecule has 4 heterocycles. The minimum Gasteiger partial charge on any atom is -0.495 e. The number of β-amino-alcohol motifs (C(OH)–C–C–N with tert-alkyl or cyclic N) is 1. The second-order valence-corrected chi connectivity index (χ2v) is 9.78. The predicted octanol–water partition coefficient (Wildman–Crippen LogP) is 4.07. The molecule has 180 valence electrons. The molecule has 34 heavy (non-hydrogen) atoms. The number of aromatic nitrogens is 3. The summed E-state index contributed by atoms with van der Waals surface area (Å²) in [6, 6.07) is 6.50. The van der Waals surface area contributed by atoms with Gasteiger partial charge >= 0.3 is 0 Å². The van der Waals surface area contributed by atoms with E-state index in [-0.39, 0.29) is 6.10 Å². The van der Waals surface area contributed by atoms with Gasteiger partial charge in [0, 0.05) is 49.3 Å². The Balaban J connectivity index is 1.77. The summed E-state index contributed by atoms with van der Waals surface area (Å²) < 4.78 is 14.8. The van der Waals surface area contributed by atoms with Crippen molar-refractivity contribution in [1.82, 2.24) is 19.5 Å². The number of likely N-dealkylation sites (tertiary alicyclic amines) is 1. The van der Waals surface area contributed by atoms with Gasteiger partial charge in [0.05, 0.1) is 30.2 Å². The van der Waals surface area contributed by atoms with Crippen molar-refractivity contribution >= 4 is 32.8 Å². The first kappa shape index (κ1) is 23.0. The molecule has 9 heteroatoms. The number of aliphatic hydroxyl groups excluding tert-OH is 1. The molecule has 0 aliphatic carbocycles. The van der Waals surface area contributed by atoms with E-state index in [1.807, 2.05) is 18.5 Å². The molecular weight excluding hydrogens is 450 g/mol. The monoisotopic (exact) mass is 481 g/mol. The highest BCUT2D eigenvalue weighted by atomic mass is 32.1. The summed E-state index contributed by atoms with van der Waals surface area (Å²) in [4.78, 5) is 7.95. The number of aliphatic hydroxyl groups is 1. The Bertz CT molecular complexity index is 1330. The van der Waals surface area contributed by atoms with E-state index in [9.17, 15) is 5.11 Å². The number of aryl methyl sites for hydroxylation is 1. The molecule has 8 nitrogen and oxygen atoms in total. The molecule has 1 fully saturated rings. The van der Waals surface area contributed by atoms with Gasteiger partial charge in [-0.1, -0.05) is 6.07 Å². The molecular formula is C25H31N5O3S. The molecule has 2 N–H and O–H groups in total. The van der Waals surface area contributed by atoms with E-state index < -0.39 is 0 Å². The molecule has 5 rings (SSSR count). The summed E-state index contributed by atoms with van der Waals surface area (Å²) in [6.45, 7) is 7.42. The first-order valence-corrected chi connectivity index (χ1v) is 12.5. The summed E-state index contributed by atoms with van der Waals surface area (Å²) in [7, 11) is 3.60. The number of rotatable bonds is 8. The van der Waals surface area contributed by atoms with E-state index in [4.69, 9.17) is 9.47 Å². The molecule has 0 spiro atoms. The van der Waals surface area contributed by atoms with Crippen molar-refractivity contribution in [3.05, 3.63) is 41.3 Å². The number of fused-ring (bicyclic) bond motifs is 2. The molecule has 0 radical (unpaired) electrons. The molecule has 1 atom stereocenters. The molecule has 0 saturated carbocycles. The van der Waals surface area contributed by atoms with Crippen molar-refractivity contribution in [2.45, 2.75) is 39.5 Å². The lowest BCUT2D eigenvalue weighted by molar-refractivity contribution is 0.132. The van der Waals surface area contributed by atoms with E-state index in [2.05, 4.69) is 45.4 Å². The third-order valence-electron chi connectivity index (χ3n) is 6.43. The van der Waals surface area contributed by atoms with E-state index in [0.717, 1.165) is 67.4 Å². The van der Waals surface area contributed by atoms with E-state index in [0.29, 0.717) is 26.3 Å². The maximum Gasteiger partial charge on any atom is 0.154 e. The van der Waals surface area contributed by atoms with Crippen molar-refractivity contribution in [1.29, 1.82) is 0 Å². The second kappa shape index (κ2) is 9.50. The van der Waals surface area contributed by atoms with Gasteiger partial charge in [-0.25, -0.2) is 9.50 Å². The molecule has 4 aromatic rings. The largest absolute Gasteiger partial charge is 0.495 e. The molecule has 1 aliphatic rings. The summed E-state index contributed by atoms with van der Waals surface area (Å²) >= 11 is 1.72. The highest BCUT2D eigenvalue weighted by molar-refractivity contribution is 7.22. The number of thiophene rings is 1. The van der Waals surface area contributed by atoms with E-state index in [1.165, 1.54) is 0 Å². The summed E-state index contributed by atoms with van der Waals surface area (Å²) in [6.07, 6.45) is 2.11. The second-order valence-electron chi connectivity index (χ2n) is 8.73. The zero-order valence-electron chi connectivity index (χ0n) is 20.1. The van der Waals surface area contributed by atoms with Gasteiger partial charge in [-0.3, -0.25) is 4.90 Å². The topological polar surface area (TPSA) is 84.2 Å². The smallest absolute Gasteiger partial charge is 0.154 e. The fourth-order valence-corrected chi connectivity index (χ4v) is 6.08. The van der Waals surface area contributed by atoms with Crippen LogP contribution in [-0.4, -0.2) is 64.6 Å². The maximum atomic E-state index is 10.1. The first-order chi connectivity index (χ1) is 16.5. The molecule has 1 aromatic carbocycles. The number of hydrogen-bond acceptors (Lipinski definition) is 8. The van der Waals surface area contributed by atoms with Crippen molar-refractivity contribution in [2.24, 2.45) is 0 Å². The highest BCUT2D eigenvalue weighted by Gasteiger charge is 2.28. The third-order valence-corrected chi connectivity index (χ3v) is 7.62. The SMILES string of the molecule is CCOCc1c(-c2cc3cc(C)cc(OC)c3s2)c2c(NC)ncnn2c1CN1CCC(O)C1. The maximum absolute atomic E-state index is 10.1. The van der Waals surface area contributed by atoms with Crippen LogP contribution >= 0.6 is 11.3 Å². The van der Waals surface area contributed by atoms with Gasteiger partial charge in [-0.15, -0.1) is 11.3 Å². The zero-order valence-corrected chi connectivity index (χ0v) is 20.9. The number of anilines is 1. The Kier molecular flexibility index (Phi) is 6.44. The number of hydrogen-bond donors (Lipinski definition) is 2. The minimum atomic E-state index is -0.276. The molecule has 0 amide bonds. The van der Waals surface area contributed by atoms with Crippen LogP contribution in [0, 0.1) is 6.92 Å². The number of nitrogens with one attached hydrogen (secondary N) is 1.